The van der Waals surface area contributed by atoms with E-state index in [1.807, 2.05) is 0 Å². The zero-order valence-electron chi connectivity index (χ0n) is 32.3. The molecule has 1 aliphatic carbocycles. The highest BCUT2D eigenvalue weighted by atomic mass is 32.2. The van der Waals surface area contributed by atoms with Crippen LogP contribution in [0.1, 0.15) is 46.6 Å². The minimum atomic E-state index is -4.54. The number of rotatable bonds is 9. The third kappa shape index (κ3) is 7.03. The predicted octanol–water partition coefficient (Wildman–Crippen LogP) is 5.01. The number of nitrogens with zero attached hydrogens (tertiary/aromatic N) is 6. The van der Waals surface area contributed by atoms with Gasteiger partial charge in [-0.3, -0.25) is 13.8 Å². The van der Waals surface area contributed by atoms with Gasteiger partial charge in [-0.2, -0.15) is 4.39 Å². The van der Waals surface area contributed by atoms with E-state index in [0.29, 0.717) is 11.1 Å². The first-order chi connectivity index (χ1) is 26.9. The molecule has 1 fully saturated rings. The summed E-state index contributed by atoms with van der Waals surface area (Å²) in [7, 11) is -0.264. The Balaban J connectivity index is 1.55. The van der Waals surface area contributed by atoms with Crippen LogP contribution in [0.25, 0.3) is 44.5 Å². The van der Waals surface area contributed by atoms with Gasteiger partial charge < -0.3 is 24.6 Å². The number of aromatic nitrogens is 6. The first-order valence-electron chi connectivity index (χ1n) is 18.1. The van der Waals surface area contributed by atoms with Crippen molar-refractivity contribution in [3.05, 3.63) is 83.4 Å². The number of aromatic hydroxyl groups is 1. The van der Waals surface area contributed by atoms with Crippen LogP contribution in [0.5, 0.6) is 5.75 Å². The molecule has 0 aliphatic heterocycles. The van der Waals surface area contributed by atoms with Gasteiger partial charge in [0.25, 0.3) is 10.0 Å². The Labute approximate surface area is 326 Å². The van der Waals surface area contributed by atoms with Crippen LogP contribution in [-0.2, 0) is 43.1 Å². The summed E-state index contributed by atoms with van der Waals surface area (Å²) < 4.78 is 67.3. The Morgan fingerprint density at radius 1 is 1.05 bits per heavy atom. The molecule has 2 aromatic carbocycles. The van der Waals surface area contributed by atoms with Crippen LogP contribution in [0.3, 0.4) is 0 Å². The molecule has 0 saturated heterocycles. The standard InChI is InChI=1S/C39H42FN7O9S/c1-21(36(49)54-7)55-29-18-23(17-27(29)42-37(50)56-39(2,3)4)46-33-28(45(6)38(46)51)19-41-35-31(33)30(22-13-15-24(48)16-14-22)32(26-20-44(5)43-34(26)40)47(35)57(52,53)25-11-9-8-10-12-25/h8-16,19-21,23,27,29,48H,17-18H2,1-7H3,(H,42,50)/t21?,23-,27-,29+/m0/s1. The lowest BCUT2D eigenvalue weighted by molar-refractivity contribution is -0.157. The second-order valence-corrected chi connectivity index (χ2v) is 16.8. The van der Waals surface area contributed by atoms with E-state index < -0.39 is 63.6 Å². The van der Waals surface area contributed by atoms with Crippen LogP contribution in [0.2, 0.25) is 0 Å². The van der Waals surface area contributed by atoms with Crippen molar-refractivity contribution in [3.63, 3.8) is 0 Å². The second kappa shape index (κ2) is 14.5. The van der Waals surface area contributed by atoms with Crippen molar-refractivity contribution in [2.45, 2.75) is 75.3 Å². The fourth-order valence-corrected chi connectivity index (χ4v) is 9.02. The number of carbonyl (C=O) groups is 2. The van der Waals surface area contributed by atoms with Gasteiger partial charge in [0.15, 0.2) is 11.8 Å². The number of carbonyl (C=O) groups excluding carboxylic acids is 2. The number of pyridine rings is 1. The third-order valence-electron chi connectivity index (χ3n) is 9.92. The molecule has 1 saturated carbocycles. The van der Waals surface area contributed by atoms with Gasteiger partial charge in [-0.15, -0.1) is 5.10 Å². The molecular formula is C39H42FN7O9S. The van der Waals surface area contributed by atoms with Crippen molar-refractivity contribution in [3.8, 4) is 28.1 Å². The number of imidazole rings is 1. The summed E-state index contributed by atoms with van der Waals surface area (Å²) >= 11 is 0. The Morgan fingerprint density at radius 3 is 2.35 bits per heavy atom. The van der Waals surface area contributed by atoms with Gasteiger partial charge in [-0.1, -0.05) is 30.3 Å². The van der Waals surface area contributed by atoms with Crippen molar-refractivity contribution < 1.29 is 41.7 Å². The van der Waals surface area contributed by atoms with E-state index in [0.717, 1.165) is 3.97 Å². The molecule has 1 amide bonds. The number of aryl methyl sites for hydroxylation is 2. The third-order valence-corrected chi connectivity index (χ3v) is 11.6. The molecule has 0 radical (unpaired) electrons. The Morgan fingerprint density at radius 2 is 1.74 bits per heavy atom. The molecular weight excluding hydrogens is 762 g/mol. The Kier molecular flexibility index (Phi) is 9.97. The number of hydrogen-bond acceptors (Lipinski definition) is 11. The minimum Gasteiger partial charge on any atom is -0.508 e. The van der Waals surface area contributed by atoms with Gasteiger partial charge in [0.2, 0.25) is 5.95 Å². The maximum absolute atomic E-state index is 16.0. The molecule has 1 aliphatic rings. The normalized spacial score (nSPS) is 17.9. The van der Waals surface area contributed by atoms with E-state index in [-0.39, 0.29) is 56.9 Å². The average Bonchev–Trinajstić information content (AvgIpc) is 3.88. The summed E-state index contributed by atoms with van der Waals surface area (Å²) in [5.74, 6) is -1.67. The Hall–Kier alpha value is -6.01. The quantitative estimate of drug-likeness (QED) is 0.187. The lowest BCUT2D eigenvalue weighted by atomic mass is 9.99. The molecule has 0 bridgehead atoms. The molecule has 1 unspecified atom stereocenters. The fraction of sp³-hybridized carbons (Fsp3) is 0.359. The van der Waals surface area contributed by atoms with Crippen molar-refractivity contribution >= 4 is 44.2 Å². The van der Waals surface area contributed by atoms with E-state index >= 15 is 4.39 Å². The molecule has 4 heterocycles. The van der Waals surface area contributed by atoms with E-state index in [4.69, 9.17) is 14.2 Å². The number of amides is 1. The maximum Gasteiger partial charge on any atom is 0.407 e. The van der Waals surface area contributed by atoms with E-state index in [9.17, 15) is 27.9 Å². The maximum atomic E-state index is 16.0. The summed E-state index contributed by atoms with van der Waals surface area (Å²) in [6.45, 7) is 6.66. The molecule has 57 heavy (non-hydrogen) atoms. The first kappa shape index (κ1) is 39.2. The number of alkyl carbamates (subject to hydrolysis) is 1. The van der Waals surface area contributed by atoms with Gasteiger partial charge in [-0.25, -0.2) is 31.8 Å². The first-order valence-corrected chi connectivity index (χ1v) is 19.5. The average molecular weight is 804 g/mol. The topological polar surface area (TPSA) is 191 Å². The highest BCUT2D eigenvalue weighted by Gasteiger charge is 2.42. The molecule has 6 aromatic rings. The minimum absolute atomic E-state index is 0.0740. The molecule has 4 aromatic heterocycles. The smallest absolute Gasteiger partial charge is 0.407 e. The van der Waals surface area contributed by atoms with Gasteiger partial charge in [0.05, 0.1) is 58.0 Å². The summed E-state index contributed by atoms with van der Waals surface area (Å²) in [6.07, 6.45) is 0.413. The van der Waals surface area contributed by atoms with Crippen LogP contribution in [0.15, 0.2) is 76.7 Å². The number of benzene rings is 2. The van der Waals surface area contributed by atoms with Gasteiger partial charge in [0, 0.05) is 31.9 Å². The van der Waals surface area contributed by atoms with Crippen molar-refractivity contribution in [1.82, 2.24) is 33.2 Å². The van der Waals surface area contributed by atoms with Crippen molar-refractivity contribution in [2.75, 3.05) is 7.11 Å². The number of methoxy groups -OCH3 is 1. The largest absolute Gasteiger partial charge is 0.508 e. The zero-order valence-corrected chi connectivity index (χ0v) is 33.1. The van der Waals surface area contributed by atoms with E-state index in [2.05, 4.69) is 15.4 Å². The number of phenolic OH excluding ortho intramolecular Hbond substituents is 1. The number of halogens is 1. The van der Waals surface area contributed by atoms with E-state index in [1.54, 1.807) is 58.2 Å². The van der Waals surface area contributed by atoms with Crippen molar-refractivity contribution in [1.29, 1.82) is 0 Å². The summed E-state index contributed by atoms with van der Waals surface area (Å²) in [5.41, 5.74) is -0.545. The molecule has 7 rings (SSSR count). The SMILES string of the molecule is COC(=O)C(C)O[C@@H]1C[C@@H](n2c(=O)n(C)c3cnc4c(c(-c5ccc(O)cc5)c(-c5cn(C)nc5F)n4S(=O)(=O)c4ccccc4)c32)C[C@@H]1NC(=O)OC(C)(C)C. The summed E-state index contributed by atoms with van der Waals surface area (Å²) in [6, 6.07) is 12.1. The van der Waals surface area contributed by atoms with Gasteiger partial charge in [0.1, 0.15) is 11.4 Å². The predicted molar refractivity (Wildman–Crippen MR) is 207 cm³/mol. The van der Waals surface area contributed by atoms with Crippen LogP contribution in [-0.4, -0.2) is 84.4 Å². The second-order valence-electron chi connectivity index (χ2n) is 15.0. The van der Waals surface area contributed by atoms with Crippen LogP contribution in [0.4, 0.5) is 9.18 Å². The molecule has 16 nitrogen and oxygen atoms in total. The molecule has 18 heteroatoms. The van der Waals surface area contributed by atoms with Crippen molar-refractivity contribution in [2.24, 2.45) is 14.1 Å². The summed E-state index contributed by atoms with van der Waals surface area (Å²) in [5, 5.41) is 17.2. The summed E-state index contributed by atoms with van der Waals surface area (Å²) in [4.78, 5) is 44.6. The number of hydrogen-bond donors (Lipinski definition) is 2. The zero-order chi connectivity index (χ0) is 41.1. The fourth-order valence-electron chi connectivity index (χ4n) is 7.51. The monoisotopic (exact) mass is 803 g/mol. The molecule has 4 atom stereocenters. The molecule has 300 valence electrons. The number of nitrogens with one attached hydrogen (secondary N) is 1. The number of ether oxygens (including phenoxy) is 3. The Bertz CT molecular complexity index is 2700. The van der Waals surface area contributed by atoms with Crippen LogP contribution >= 0.6 is 0 Å². The van der Waals surface area contributed by atoms with Crippen LogP contribution in [0, 0.1) is 5.95 Å². The number of esters is 1. The molecule has 2 N–H and O–H groups in total. The van der Waals surface area contributed by atoms with Crippen LogP contribution < -0.4 is 11.0 Å². The molecule has 0 spiro atoms. The van der Waals surface area contributed by atoms with Gasteiger partial charge in [-0.05, 0) is 70.4 Å². The number of fused-ring (bicyclic) bond motifs is 3. The van der Waals surface area contributed by atoms with Gasteiger partial charge >= 0.3 is 17.8 Å². The lowest BCUT2D eigenvalue weighted by Gasteiger charge is -2.26. The van der Waals surface area contributed by atoms with E-state index in [1.165, 1.54) is 71.6 Å². The lowest BCUT2D eigenvalue weighted by Crippen LogP contribution is -2.45. The highest BCUT2D eigenvalue weighted by Crippen LogP contribution is 2.47. The number of phenols is 1. The highest BCUT2D eigenvalue weighted by molar-refractivity contribution is 7.90.